The first-order chi connectivity index (χ1) is 6.02. The molecule has 70 valence electrons. The molecule has 0 saturated heterocycles. The fraction of sp³-hybridized carbons (Fsp3) is 0.444. The summed E-state index contributed by atoms with van der Waals surface area (Å²) in [7, 11) is 0. The zero-order valence-electron chi connectivity index (χ0n) is 7.15. The van der Waals surface area contributed by atoms with Gasteiger partial charge in [-0.1, -0.05) is 12.2 Å². The lowest BCUT2D eigenvalue weighted by Crippen LogP contribution is -2.31. The quantitative estimate of drug-likeness (QED) is 0.512. The van der Waals surface area contributed by atoms with Crippen LogP contribution in [0.15, 0.2) is 23.3 Å². The normalized spacial score (nSPS) is 37.8. The van der Waals surface area contributed by atoms with Crippen LogP contribution in [0.5, 0.6) is 0 Å². The summed E-state index contributed by atoms with van der Waals surface area (Å²) in [4.78, 5) is 11.2. The number of esters is 1. The second-order valence-corrected chi connectivity index (χ2v) is 3.47. The Morgan fingerprint density at radius 1 is 1.69 bits per heavy atom. The number of ether oxygens (including phenoxy) is 1. The molecule has 4 nitrogen and oxygen atoms in total. The van der Waals surface area contributed by atoms with Crippen LogP contribution in [-0.4, -0.2) is 28.1 Å². The highest BCUT2D eigenvalue weighted by atomic mass is 16.6. The number of hydrogen-bond donors (Lipinski definition) is 2. The molecule has 2 unspecified atom stereocenters. The molecule has 0 saturated carbocycles. The summed E-state index contributed by atoms with van der Waals surface area (Å²) in [6, 6.07) is 0. The fourth-order valence-electron chi connectivity index (χ4n) is 1.68. The van der Waals surface area contributed by atoms with Gasteiger partial charge in [-0.2, -0.15) is 0 Å². The van der Waals surface area contributed by atoms with Crippen LogP contribution in [0.1, 0.15) is 13.3 Å². The maximum atomic E-state index is 11.2. The standard InChI is InChI=1S/C9H10O4/c1-9(12)4-2-3-5-6(9)8(11)13-7(5)10/h2-3,7,10,12H,4H2,1H3. The number of carbonyl (C=O) groups is 1. The zero-order valence-corrected chi connectivity index (χ0v) is 7.15. The molecular formula is C9H10O4. The lowest BCUT2D eigenvalue weighted by Gasteiger charge is -2.24. The summed E-state index contributed by atoms with van der Waals surface area (Å²) in [5.74, 6) is -0.628. The molecule has 1 aliphatic carbocycles. The molecule has 13 heavy (non-hydrogen) atoms. The maximum absolute atomic E-state index is 11.2. The number of cyclic esters (lactones) is 1. The van der Waals surface area contributed by atoms with Crippen LogP contribution in [0, 0.1) is 0 Å². The predicted octanol–water partition coefficient (Wildman–Crippen LogP) is -0.131. The van der Waals surface area contributed by atoms with Gasteiger partial charge in [0.2, 0.25) is 6.29 Å². The lowest BCUT2D eigenvalue weighted by molar-refractivity contribution is -0.153. The number of carbonyl (C=O) groups excluding carboxylic acids is 1. The van der Waals surface area contributed by atoms with Gasteiger partial charge in [0.25, 0.3) is 0 Å². The summed E-state index contributed by atoms with van der Waals surface area (Å²) in [5.41, 5.74) is -0.651. The molecule has 2 N–H and O–H groups in total. The number of hydrogen-bond acceptors (Lipinski definition) is 4. The first kappa shape index (κ1) is 8.47. The van der Waals surface area contributed by atoms with Crippen LogP contribution in [0.25, 0.3) is 0 Å². The Bertz CT molecular complexity index is 325. The Morgan fingerprint density at radius 3 is 3.00 bits per heavy atom. The molecule has 0 bridgehead atoms. The first-order valence-corrected chi connectivity index (χ1v) is 4.05. The van der Waals surface area contributed by atoms with Gasteiger partial charge in [0.05, 0.1) is 11.2 Å². The Balaban J connectivity index is 2.52. The highest BCUT2D eigenvalue weighted by Crippen LogP contribution is 2.36. The number of rotatable bonds is 0. The third-order valence-corrected chi connectivity index (χ3v) is 2.33. The molecule has 0 aromatic heterocycles. The van der Waals surface area contributed by atoms with Gasteiger partial charge >= 0.3 is 5.97 Å². The summed E-state index contributed by atoms with van der Waals surface area (Å²) in [6.07, 6.45) is 2.48. The molecule has 2 aliphatic rings. The van der Waals surface area contributed by atoms with Crippen molar-refractivity contribution in [3.63, 3.8) is 0 Å². The Kier molecular flexibility index (Phi) is 1.58. The number of aliphatic hydroxyl groups excluding tert-OH is 1. The van der Waals surface area contributed by atoms with E-state index in [2.05, 4.69) is 4.74 Å². The first-order valence-electron chi connectivity index (χ1n) is 4.05. The second-order valence-electron chi connectivity index (χ2n) is 3.47. The van der Waals surface area contributed by atoms with Crippen LogP contribution in [0.3, 0.4) is 0 Å². The smallest absolute Gasteiger partial charge is 0.340 e. The van der Waals surface area contributed by atoms with E-state index in [0.717, 1.165) is 0 Å². The van der Waals surface area contributed by atoms with Gasteiger partial charge in [-0.05, 0) is 13.3 Å². The van der Waals surface area contributed by atoms with Crippen LogP contribution in [0.4, 0.5) is 0 Å². The van der Waals surface area contributed by atoms with Crippen molar-refractivity contribution in [3.05, 3.63) is 23.3 Å². The van der Waals surface area contributed by atoms with Crippen molar-refractivity contribution >= 4 is 5.97 Å². The van der Waals surface area contributed by atoms with E-state index >= 15 is 0 Å². The van der Waals surface area contributed by atoms with Gasteiger partial charge in [0.15, 0.2) is 0 Å². The minimum atomic E-state index is -1.22. The minimum Gasteiger partial charge on any atom is -0.428 e. The average Bonchev–Trinajstić information content (AvgIpc) is 2.27. The molecule has 1 aliphatic heterocycles. The van der Waals surface area contributed by atoms with Gasteiger partial charge in [0.1, 0.15) is 0 Å². The SMILES string of the molecule is CC1(O)CC=CC2=C1C(=O)OC2O. The van der Waals surface area contributed by atoms with Crippen molar-refractivity contribution in [2.24, 2.45) is 0 Å². The molecule has 2 rings (SSSR count). The van der Waals surface area contributed by atoms with E-state index in [4.69, 9.17) is 0 Å². The molecule has 4 heteroatoms. The second kappa shape index (κ2) is 2.43. The average molecular weight is 182 g/mol. The topological polar surface area (TPSA) is 66.8 Å². The van der Waals surface area contributed by atoms with E-state index in [0.29, 0.717) is 12.0 Å². The van der Waals surface area contributed by atoms with Crippen LogP contribution in [0.2, 0.25) is 0 Å². The summed E-state index contributed by atoms with van der Waals surface area (Å²) in [6.45, 7) is 1.53. The third-order valence-electron chi connectivity index (χ3n) is 2.33. The van der Waals surface area contributed by atoms with Crippen molar-refractivity contribution in [3.8, 4) is 0 Å². The van der Waals surface area contributed by atoms with E-state index in [-0.39, 0.29) is 5.57 Å². The van der Waals surface area contributed by atoms with Gasteiger partial charge in [-0.25, -0.2) is 4.79 Å². The molecule has 0 fully saturated rings. The zero-order chi connectivity index (χ0) is 9.64. The van der Waals surface area contributed by atoms with Gasteiger partial charge in [0, 0.05) is 5.57 Å². The lowest BCUT2D eigenvalue weighted by atomic mass is 9.85. The van der Waals surface area contributed by atoms with Gasteiger partial charge in [-0.15, -0.1) is 0 Å². The van der Waals surface area contributed by atoms with Crippen LogP contribution < -0.4 is 0 Å². The van der Waals surface area contributed by atoms with E-state index in [1.54, 1.807) is 12.2 Å². The van der Waals surface area contributed by atoms with E-state index in [1.165, 1.54) is 6.92 Å². The minimum absolute atomic E-state index is 0.183. The third kappa shape index (κ3) is 1.10. The molecule has 0 aromatic rings. The van der Waals surface area contributed by atoms with Crippen molar-refractivity contribution in [1.82, 2.24) is 0 Å². The van der Waals surface area contributed by atoms with Crippen LogP contribution in [-0.2, 0) is 9.53 Å². The van der Waals surface area contributed by atoms with E-state index < -0.39 is 17.9 Å². The fourth-order valence-corrected chi connectivity index (χ4v) is 1.68. The molecule has 1 heterocycles. The number of aliphatic hydroxyl groups is 2. The maximum Gasteiger partial charge on any atom is 0.340 e. The largest absolute Gasteiger partial charge is 0.428 e. The molecule has 0 radical (unpaired) electrons. The van der Waals surface area contributed by atoms with Crippen molar-refractivity contribution in [2.75, 3.05) is 0 Å². The summed E-state index contributed by atoms with van der Waals surface area (Å²) >= 11 is 0. The Hall–Kier alpha value is -1.13. The molecule has 0 spiro atoms. The van der Waals surface area contributed by atoms with E-state index in [9.17, 15) is 15.0 Å². The summed E-state index contributed by atoms with van der Waals surface area (Å²) in [5, 5.41) is 19.1. The van der Waals surface area contributed by atoms with Crippen molar-refractivity contribution in [1.29, 1.82) is 0 Å². The predicted molar refractivity (Wildman–Crippen MR) is 43.5 cm³/mol. The highest BCUT2D eigenvalue weighted by molar-refractivity contribution is 5.95. The summed E-state index contributed by atoms with van der Waals surface area (Å²) < 4.78 is 4.58. The van der Waals surface area contributed by atoms with Crippen molar-refractivity contribution < 1.29 is 19.7 Å². The van der Waals surface area contributed by atoms with E-state index in [1.807, 2.05) is 0 Å². The Morgan fingerprint density at radius 2 is 2.38 bits per heavy atom. The molecular weight excluding hydrogens is 172 g/mol. The Labute approximate surface area is 75.1 Å². The molecule has 0 amide bonds. The van der Waals surface area contributed by atoms with Gasteiger partial charge in [-0.3, -0.25) is 0 Å². The molecule has 0 aromatic carbocycles. The molecule has 2 atom stereocenters. The highest BCUT2D eigenvalue weighted by Gasteiger charge is 2.43. The van der Waals surface area contributed by atoms with Gasteiger partial charge < -0.3 is 14.9 Å². The monoisotopic (exact) mass is 182 g/mol. The van der Waals surface area contributed by atoms with Crippen molar-refractivity contribution in [2.45, 2.75) is 25.2 Å². The van der Waals surface area contributed by atoms with Crippen LogP contribution >= 0.6 is 0 Å².